The van der Waals surface area contributed by atoms with Gasteiger partial charge >= 0.3 is 0 Å². The van der Waals surface area contributed by atoms with Crippen LogP contribution in [-0.4, -0.2) is 12.1 Å². The molecule has 0 spiro atoms. The molecule has 0 bridgehead atoms. The van der Waals surface area contributed by atoms with Crippen LogP contribution in [0.15, 0.2) is 60.9 Å². The van der Waals surface area contributed by atoms with Gasteiger partial charge in [-0.25, -0.2) is 0 Å². The molecule has 0 aromatic rings. The highest BCUT2D eigenvalue weighted by Gasteiger charge is 2.10. The van der Waals surface area contributed by atoms with E-state index in [-0.39, 0.29) is 12.1 Å². The van der Waals surface area contributed by atoms with Crippen molar-refractivity contribution in [2.75, 3.05) is 0 Å². The topological polar surface area (TPSA) is 38.0 Å². The Bertz CT molecular complexity index is 335. The minimum atomic E-state index is -0.0245. The van der Waals surface area contributed by atoms with E-state index in [1.165, 1.54) is 0 Å². The molecule has 3 N–H and O–H groups in total. The molecule has 2 atom stereocenters. The van der Waals surface area contributed by atoms with Gasteiger partial charge in [-0.3, -0.25) is 0 Å². The van der Waals surface area contributed by atoms with Gasteiger partial charge in [-0.1, -0.05) is 48.6 Å². The minimum Gasteiger partial charge on any atom is -0.383 e. The highest BCUT2D eigenvalue weighted by atomic mass is 14.9. The van der Waals surface area contributed by atoms with Crippen LogP contribution in [0, 0.1) is 0 Å². The molecule has 2 nitrogen and oxygen atoms in total. The number of nitrogens with two attached hydrogens (primary N) is 1. The van der Waals surface area contributed by atoms with Gasteiger partial charge in [0.05, 0.1) is 6.04 Å². The van der Waals surface area contributed by atoms with Gasteiger partial charge in [-0.2, -0.15) is 0 Å². The van der Waals surface area contributed by atoms with Gasteiger partial charge in [0, 0.05) is 6.04 Å². The van der Waals surface area contributed by atoms with Crippen molar-refractivity contribution < 1.29 is 0 Å². The van der Waals surface area contributed by atoms with E-state index in [1.54, 1.807) is 0 Å². The predicted molar refractivity (Wildman–Crippen MR) is 70.9 cm³/mol. The number of dihydropyridines is 1. The average Bonchev–Trinajstić information content (AvgIpc) is 2.34. The van der Waals surface area contributed by atoms with Gasteiger partial charge < -0.3 is 11.1 Å². The van der Waals surface area contributed by atoms with E-state index in [0.29, 0.717) is 0 Å². The van der Waals surface area contributed by atoms with Gasteiger partial charge in [0.1, 0.15) is 0 Å². The van der Waals surface area contributed by atoms with Crippen molar-refractivity contribution in [3.8, 4) is 0 Å². The molecule has 0 saturated heterocycles. The van der Waals surface area contributed by atoms with Gasteiger partial charge in [0.2, 0.25) is 0 Å². The summed E-state index contributed by atoms with van der Waals surface area (Å²) >= 11 is 0. The van der Waals surface area contributed by atoms with Crippen LogP contribution in [0.3, 0.4) is 0 Å². The Morgan fingerprint density at radius 1 is 1.56 bits per heavy atom. The number of nitrogens with one attached hydrogen (secondary N) is 1. The quantitative estimate of drug-likeness (QED) is 0.547. The predicted octanol–water partition coefficient (Wildman–Crippen LogP) is 2.43. The third kappa shape index (κ3) is 4.32. The lowest BCUT2D eigenvalue weighted by atomic mass is 10.1. The Kier molecular flexibility index (Phi) is 5.37. The van der Waals surface area contributed by atoms with Crippen molar-refractivity contribution in [2.24, 2.45) is 5.73 Å². The van der Waals surface area contributed by atoms with E-state index in [2.05, 4.69) is 24.0 Å². The van der Waals surface area contributed by atoms with E-state index in [1.807, 2.05) is 43.5 Å². The van der Waals surface area contributed by atoms with E-state index in [4.69, 9.17) is 5.73 Å². The summed E-state index contributed by atoms with van der Waals surface area (Å²) in [4.78, 5) is 0. The van der Waals surface area contributed by atoms with Crippen LogP contribution in [0.2, 0.25) is 0 Å². The normalized spacial score (nSPS) is 21.5. The standard InChI is InChI=1S/C14H20N2/c1-3-4-7-12(2)9-10-13(15)14-8-5-6-11-16-14/h3-6,8-11,13-14,16H,2,7,15H2,1H3/b4-3-,10-9-. The van der Waals surface area contributed by atoms with E-state index in [9.17, 15) is 0 Å². The van der Waals surface area contributed by atoms with Gasteiger partial charge in [0.25, 0.3) is 0 Å². The van der Waals surface area contributed by atoms with Crippen LogP contribution in [0.5, 0.6) is 0 Å². The lowest BCUT2D eigenvalue weighted by Crippen LogP contribution is -2.40. The highest BCUT2D eigenvalue weighted by Crippen LogP contribution is 2.05. The first kappa shape index (κ1) is 12.5. The molecule has 0 aromatic heterocycles. The van der Waals surface area contributed by atoms with Crippen molar-refractivity contribution in [1.29, 1.82) is 0 Å². The zero-order valence-electron chi connectivity index (χ0n) is 9.77. The highest BCUT2D eigenvalue weighted by molar-refractivity contribution is 5.23. The molecule has 0 aliphatic carbocycles. The van der Waals surface area contributed by atoms with Gasteiger partial charge in [0.15, 0.2) is 0 Å². The maximum atomic E-state index is 6.03. The second-order valence-corrected chi connectivity index (χ2v) is 3.80. The number of rotatable bonds is 5. The van der Waals surface area contributed by atoms with Gasteiger partial charge in [-0.05, 0) is 25.6 Å². The monoisotopic (exact) mass is 216 g/mol. The molecule has 1 heterocycles. The van der Waals surface area contributed by atoms with Crippen LogP contribution in [-0.2, 0) is 0 Å². The summed E-state index contributed by atoms with van der Waals surface area (Å²) in [5.41, 5.74) is 7.10. The molecule has 0 radical (unpaired) electrons. The van der Waals surface area contributed by atoms with E-state index >= 15 is 0 Å². The Hall–Kier alpha value is -1.54. The third-order valence-electron chi connectivity index (χ3n) is 2.40. The fourth-order valence-electron chi connectivity index (χ4n) is 1.41. The molecule has 2 heteroatoms. The molecule has 86 valence electrons. The summed E-state index contributed by atoms with van der Waals surface area (Å²) in [6.07, 6.45) is 16.9. The molecule has 0 aromatic carbocycles. The third-order valence-corrected chi connectivity index (χ3v) is 2.40. The van der Waals surface area contributed by atoms with Crippen molar-refractivity contribution in [3.05, 3.63) is 60.9 Å². The number of hydrogen-bond donors (Lipinski definition) is 2. The maximum Gasteiger partial charge on any atom is 0.0629 e. The number of hydrogen-bond acceptors (Lipinski definition) is 2. The first-order chi connectivity index (χ1) is 7.74. The Labute approximate surface area is 97.9 Å². The summed E-state index contributed by atoms with van der Waals surface area (Å²) in [5.74, 6) is 0. The summed E-state index contributed by atoms with van der Waals surface area (Å²) in [6.45, 7) is 5.97. The first-order valence-corrected chi connectivity index (χ1v) is 5.56. The smallest absolute Gasteiger partial charge is 0.0629 e. The summed E-state index contributed by atoms with van der Waals surface area (Å²) in [7, 11) is 0. The Morgan fingerprint density at radius 3 is 3.00 bits per heavy atom. The molecular weight excluding hydrogens is 196 g/mol. The SMILES string of the molecule is C=C(/C=C\C(N)C1C=CC=CN1)C/C=C\C. The van der Waals surface area contributed by atoms with Crippen LogP contribution >= 0.6 is 0 Å². The molecule has 16 heavy (non-hydrogen) atoms. The summed E-state index contributed by atoms with van der Waals surface area (Å²) < 4.78 is 0. The van der Waals surface area contributed by atoms with Crippen molar-refractivity contribution in [1.82, 2.24) is 5.32 Å². The lowest BCUT2D eigenvalue weighted by Gasteiger charge is -2.20. The molecule has 0 saturated carbocycles. The lowest BCUT2D eigenvalue weighted by molar-refractivity contribution is 0.619. The maximum absolute atomic E-state index is 6.03. The zero-order valence-corrected chi connectivity index (χ0v) is 9.77. The second-order valence-electron chi connectivity index (χ2n) is 3.80. The first-order valence-electron chi connectivity index (χ1n) is 5.56. The summed E-state index contributed by atoms with van der Waals surface area (Å²) in [6, 6.07) is 0.152. The van der Waals surface area contributed by atoms with Crippen molar-refractivity contribution in [2.45, 2.75) is 25.4 Å². The summed E-state index contributed by atoms with van der Waals surface area (Å²) in [5, 5.41) is 3.20. The molecule has 0 amide bonds. The van der Waals surface area contributed by atoms with Gasteiger partial charge in [-0.15, -0.1) is 0 Å². The molecule has 2 unspecified atom stereocenters. The molecule has 1 aliphatic heterocycles. The minimum absolute atomic E-state index is 0.0245. The van der Waals surface area contributed by atoms with Crippen molar-refractivity contribution >= 4 is 0 Å². The van der Waals surface area contributed by atoms with E-state index < -0.39 is 0 Å². The van der Waals surface area contributed by atoms with Crippen molar-refractivity contribution in [3.63, 3.8) is 0 Å². The average molecular weight is 216 g/mol. The fourth-order valence-corrected chi connectivity index (χ4v) is 1.41. The molecule has 1 rings (SSSR count). The number of allylic oxidation sites excluding steroid dienone is 6. The molecule has 0 fully saturated rings. The van der Waals surface area contributed by atoms with Crippen LogP contribution in [0.25, 0.3) is 0 Å². The zero-order chi connectivity index (χ0) is 11.8. The molecular formula is C14H20N2. The van der Waals surface area contributed by atoms with Crippen LogP contribution < -0.4 is 11.1 Å². The van der Waals surface area contributed by atoms with Crippen LogP contribution in [0.4, 0.5) is 0 Å². The van der Waals surface area contributed by atoms with Crippen LogP contribution in [0.1, 0.15) is 13.3 Å². The largest absolute Gasteiger partial charge is 0.383 e. The fraction of sp³-hybridized carbons (Fsp3) is 0.286. The van der Waals surface area contributed by atoms with E-state index in [0.717, 1.165) is 12.0 Å². The second kappa shape index (κ2) is 6.85. The Balaban J connectivity index is 2.40. The molecule has 1 aliphatic rings. The Morgan fingerprint density at radius 2 is 2.38 bits per heavy atom.